The molecule has 0 saturated heterocycles. The Bertz CT molecular complexity index is 542. The Morgan fingerprint density at radius 2 is 1.90 bits per heavy atom. The van der Waals surface area contributed by atoms with Crippen molar-refractivity contribution < 1.29 is 4.39 Å². The Morgan fingerprint density at radius 3 is 2.60 bits per heavy atom. The van der Waals surface area contributed by atoms with Crippen molar-refractivity contribution in [3.05, 3.63) is 69.9 Å². The molecule has 0 radical (unpaired) electrons. The summed E-state index contributed by atoms with van der Waals surface area (Å²) in [6, 6.07) is 15.4. The monoisotopic (exact) mass is 335 g/mol. The highest BCUT2D eigenvalue weighted by Crippen LogP contribution is 2.24. The van der Waals surface area contributed by atoms with Crippen LogP contribution in [0.5, 0.6) is 0 Å². The van der Waals surface area contributed by atoms with Gasteiger partial charge in [0.05, 0.1) is 0 Å². The van der Waals surface area contributed by atoms with E-state index in [-0.39, 0.29) is 11.7 Å². The van der Waals surface area contributed by atoms with Gasteiger partial charge >= 0.3 is 0 Å². The van der Waals surface area contributed by atoms with Crippen LogP contribution in [0.1, 0.15) is 24.0 Å². The molecule has 0 aliphatic rings. The highest BCUT2D eigenvalue weighted by atomic mass is 79.9. The number of hydrogen-bond donors (Lipinski definition) is 1. The van der Waals surface area contributed by atoms with Crippen molar-refractivity contribution in [1.82, 2.24) is 5.32 Å². The van der Waals surface area contributed by atoms with E-state index in [9.17, 15) is 4.39 Å². The molecule has 0 amide bonds. The van der Waals surface area contributed by atoms with Crippen LogP contribution in [-0.2, 0) is 6.42 Å². The van der Waals surface area contributed by atoms with Gasteiger partial charge < -0.3 is 5.32 Å². The van der Waals surface area contributed by atoms with Crippen molar-refractivity contribution in [2.45, 2.75) is 19.3 Å². The average molecular weight is 336 g/mol. The average Bonchev–Trinajstić information content (AvgIpc) is 2.48. The minimum Gasteiger partial charge on any atom is -0.316 e. The third-order valence-corrected chi connectivity index (χ3v) is 3.88. The van der Waals surface area contributed by atoms with Crippen LogP contribution in [0.2, 0.25) is 0 Å². The molecule has 2 aromatic rings. The summed E-state index contributed by atoms with van der Waals surface area (Å²) in [7, 11) is 0. The van der Waals surface area contributed by atoms with E-state index in [4.69, 9.17) is 0 Å². The summed E-state index contributed by atoms with van der Waals surface area (Å²) in [6.07, 6.45) is 0.697. The molecule has 20 heavy (non-hydrogen) atoms. The minimum absolute atomic E-state index is 0.134. The molecule has 0 aromatic heterocycles. The first-order valence-corrected chi connectivity index (χ1v) is 7.69. The minimum atomic E-state index is -0.134. The third-order valence-electron chi connectivity index (χ3n) is 3.39. The SMILES string of the molecule is CCNCC(Cc1cc(Br)ccc1F)c1ccccc1. The van der Waals surface area contributed by atoms with Gasteiger partial charge in [-0.1, -0.05) is 53.2 Å². The molecule has 1 N–H and O–H groups in total. The molecule has 0 aliphatic carbocycles. The number of rotatable bonds is 6. The fourth-order valence-electron chi connectivity index (χ4n) is 2.32. The van der Waals surface area contributed by atoms with E-state index in [1.165, 1.54) is 11.6 Å². The quantitative estimate of drug-likeness (QED) is 0.818. The predicted octanol–water partition coefficient (Wildman–Crippen LogP) is 4.52. The first kappa shape index (κ1) is 15.2. The van der Waals surface area contributed by atoms with Gasteiger partial charge in [0.2, 0.25) is 0 Å². The summed E-state index contributed by atoms with van der Waals surface area (Å²) in [5.41, 5.74) is 2.00. The Hall–Kier alpha value is -1.19. The summed E-state index contributed by atoms with van der Waals surface area (Å²) in [6.45, 7) is 3.86. The fourth-order valence-corrected chi connectivity index (χ4v) is 2.73. The number of halogens is 2. The molecule has 1 nitrogen and oxygen atoms in total. The van der Waals surface area contributed by atoms with E-state index in [0.29, 0.717) is 6.42 Å². The number of benzene rings is 2. The predicted molar refractivity (Wildman–Crippen MR) is 85.5 cm³/mol. The van der Waals surface area contributed by atoms with Gasteiger partial charge in [0.15, 0.2) is 0 Å². The van der Waals surface area contributed by atoms with E-state index in [0.717, 1.165) is 23.1 Å². The van der Waals surface area contributed by atoms with Crippen molar-refractivity contribution >= 4 is 15.9 Å². The molecule has 0 aliphatic heterocycles. The second-order valence-corrected chi connectivity index (χ2v) is 5.77. The fraction of sp³-hybridized carbons (Fsp3) is 0.294. The molecule has 0 bridgehead atoms. The van der Waals surface area contributed by atoms with Crippen molar-refractivity contribution in [3.63, 3.8) is 0 Å². The Morgan fingerprint density at radius 1 is 1.15 bits per heavy atom. The van der Waals surface area contributed by atoms with Gasteiger partial charge in [-0.2, -0.15) is 0 Å². The zero-order chi connectivity index (χ0) is 14.4. The number of hydrogen-bond acceptors (Lipinski definition) is 1. The molecule has 0 spiro atoms. The first-order valence-electron chi connectivity index (χ1n) is 6.90. The van der Waals surface area contributed by atoms with Crippen LogP contribution in [0, 0.1) is 5.82 Å². The van der Waals surface area contributed by atoms with Gasteiger partial charge in [-0.3, -0.25) is 0 Å². The molecule has 0 heterocycles. The van der Waals surface area contributed by atoms with Crippen LogP contribution in [0.3, 0.4) is 0 Å². The van der Waals surface area contributed by atoms with Crippen LogP contribution >= 0.6 is 15.9 Å². The van der Waals surface area contributed by atoms with E-state index >= 15 is 0 Å². The summed E-state index contributed by atoms with van der Waals surface area (Å²) in [4.78, 5) is 0. The molecule has 1 unspecified atom stereocenters. The molecule has 2 aromatic carbocycles. The smallest absolute Gasteiger partial charge is 0.126 e. The zero-order valence-corrected chi connectivity index (χ0v) is 13.2. The van der Waals surface area contributed by atoms with Crippen LogP contribution < -0.4 is 5.32 Å². The lowest BCUT2D eigenvalue weighted by molar-refractivity contribution is 0.562. The topological polar surface area (TPSA) is 12.0 Å². The lowest BCUT2D eigenvalue weighted by Gasteiger charge is -2.18. The van der Waals surface area contributed by atoms with Gasteiger partial charge in [0.1, 0.15) is 5.82 Å². The maximum Gasteiger partial charge on any atom is 0.126 e. The molecule has 106 valence electrons. The van der Waals surface area contributed by atoms with Crippen molar-refractivity contribution in [2.75, 3.05) is 13.1 Å². The molecule has 0 saturated carbocycles. The zero-order valence-electron chi connectivity index (χ0n) is 11.6. The van der Waals surface area contributed by atoms with Gasteiger partial charge in [-0.15, -0.1) is 0 Å². The van der Waals surface area contributed by atoms with Gasteiger partial charge in [0, 0.05) is 16.9 Å². The van der Waals surface area contributed by atoms with E-state index in [2.05, 4.69) is 40.3 Å². The maximum absolute atomic E-state index is 13.9. The first-order chi connectivity index (χ1) is 9.70. The maximum atomic E-state index is 13.9. The van der Waals surface area contributed by atoms with E-state index in [1.807, 2.05) is 24.3 Å². The summed E-state index contributed by atoms with van der Waals surface area (Å²) < 4.78 is 14.8. The third kappa shape index (κ3) is 4.15. The van der Waals surface area contributed by atoms with E-state index < -0.39 is 0 Å². The molecule has 0 fully saturated rings. The normalized spacial score (nSPS) is 12.3. The van der Waals surface area contributed by atoms with Crippen LogP contribution in [0.15, 0.2) is 53.0 Å². The van der Waals surface area contributed by atoms with Crippen molar-refractivity contribution in [3.8, 4) is 0 Å². The van der Waals surface area contributed by atoms with Gasteiger partial charge in [-0.05, 0) is 42.3 Å². The molecular weight excluding hydrogens is 317 g/mol. The van der Waals surface area contributed by atoms with Crippen LogP contribution in [0.25, 0.3) is 0 Å². The van der Waals surface area contributed by atoms with Gasteiger partial charge in [0.25, 0.3) is 0 Å². The molecular formula is C17H19BrFN. The number of nitrogens with one attached hydrogen (secondary N) is 1. The highest BCUT2D eigenvalue weighted by Gasteiger charge is 2.14. The molecule has 1 atom stereocenters. The van der Waals surface area contributed by atoms with Crippen molar-refractivity contribution in [1.29, 1.82) is 0 Å². The standard InChI is InChI=1S/C17H19BrFN/c1-2-20-12-15(13-6-4-3-5-7-13)10-14-11-16(18)8-9-17(14)19/h3-9,11,15,20H,2,10,12H2,1H3. The molecule has 2 rings (SSSR count). The molecule has 3 heteroatoms. The second kappa shape index (κ2) is 7.55. The summed E-state index contributed by atoms with van der Waals surface area (Å²) in [5.74, 6) is 0.144. The Kier molecular flexibility index (Phi) is 5.74. The Balaban J connectivity index is 2.21. The van der Waals surface area contributed by atoms with E-state index in [1.54, 1.807) is 6.07 Å². The summed E-state index contributed by atoms with van der Waals surface area (Å²) >= 11 is 3.41. The second-order valence-electron chi connectivity index (χ2n) is 4.86. The lowest BCUT2D eigenvalue weighted by Crippen LogP contribution is -2.23. The lowest BCUT2D eigenvalue weighted by atomic mass is 9.91. The largest absolute Gasteiger partial charge is 0.316 e. The van der Waals surface area contributed by atoms with Gasteiger partial charge in [-0.25, -0.2) is 4.39 Å². The number of likely N-dealkylation sites (N-methyl/N-ethyl adjacent to an activating group) is 1. The van der Waals surface area contributed by atoms with Crippen molar-refractivity contribution in [2.24, 2.45) is 0 Å². The van der Waals surface area contributed by atoms with Crippen LogP contribution in [-0.4, -0.2) is 13.1 Å². The highest BCUT2D eigenvalue weighted by molar-refractivity contribution is 9.10. The summed E-state index contributed by atoms with van der Waals surface area (Å²) in [5, 5.41) is 3.37. The van der Waals surface area contributed by atoms with Crippen LogP contribution in [0.4, 0.5) is 4.39 Å². The Labute approximate surface area is 128 Å².